The second kappa shape index (κ2) is 9.51. The van der Waals surface area contributed by atoms with Gasteiger partial charge in [0.1, 0.15) is 6.54 Å². The van der Waals surface area contributed by atoms with Gasteiger partial charge in [0.15, 0.2) is 0 Å². The first-order chi connectivity index (χ1) is 7.61. The maximum atomic E-state index is 11.5. The van der Waals surface area contributed by atoms with Crippen LogP contribution in [0.15, 0.2) is 0 Å². The first kappa shape index (κ1) is 15.3. The predicted molar refractivity (Wildman–Crippen MR) is 66.5 cm³/mol. The number of hydrogen-bond donors (Lipinski definition) is 0. The van der Waals surface area contributed by atoms with E-state index in [0.717, 1.165) is 18.6 Å². The molecule has 0 radical (unpaired) electrons. The third-order valence-corrected chi connectivity index (χ3v) is 2.99. The minimum absolute atomic E-state index is 0.0193. The summed E-state index contributed by atoms with van der Waals surface area (Å²) in [6.07, 6.45) is 2.26. The lowest BCUT2D eigenvalue weighted by atomic mass is 10.4. The van der Waals surface area contributed by atoms with Gasteiger partial charge in [-0.3, -0.25) is 9.59 Å². The van der Waals surface area contributed by atoms with Gasteiger partial charge in [-0.25, -0.2) is 0 Å². The largest absolute Gasteiger partial charge is 0.465 e. The summed E-state index contributed by atoms with van der Waals surface area (Å²) in [7, 11) is 1.62. The second-order valence-electron chi connectivity index (χ2n) is 3.46. The molecule has 4 nitrogen and oxygen atoms in total. The van der Waals surface area contributed by atoms with Crippen molar-refractivity contribution in [3.8, 4) is 0 Å². The molecule has 0 aliphatic carbocycles. The third kappa shape index (κ3) is 7.56. The van der Waals surface area contributed by atoms with Crippen molar-refractivity contribution < 1.29 is 14.3 Å². The molecule has 0 heterocycles. The van der Waals surface area contributed by atoms with Crippen LogP contribution in [0, 0.1) is 0 Å². The van der Waals surface area contributed by atoms with E-state index in [-0.39, 0.29) is 18.4 Å². The molecular formula is C11H21NO3S. The van der Waals surface area contributed by atoms with Crippen LogP contribution in [0.4, 0.5) is 0 Å². The predicted octanol–water partition coefficient (Wildman–Crippen LogP) is 1.54. The normalized spacial score (nSPS) is 9.94. The molecule has 0 rings (SSSR count). The van der Waals surface area contributed by atoms with E-state index in [4.69, 9.17) is 4.74 Å². The molecule has 0 aliphatic rings. The molecule has 1 amide bonds. The van der Waals surface area contributed by atoms with Crippen molar-refractivity contribution in [2.75, 3.05) is 31.7 Å². The Bertz CT molecular complexity index is 221. The molecular weight excluding hydrogens is 226 g/mol. The molecule has 0 bridgehead atoms. The Morgan fingerprint density at radius 1 is 1.31 bits per heavy atom. The van der Waals surface area contributed by atoms with E-state index < -0.39 is 0 Å². The van der Waals surface area contributed by atoms with Crippen LogP contribution >= 0.6 is 11.8 Å². The molecule has 0 unspecified atom stereocenters. The number of hydrogen-bond acceptors (Lipinski definition) is 4. The van der Waals surface area contributed by atoms with E-state index in [0.29, 0.717) is 12.4 Å². The molecule has 0 aromatic carbocycles. The highest BCUT2D eigenvalue weighted by atomic mass is 32.2. The maximum Gasteiger partial charge on any atom is 0.325 e. The molecule has 0 aromatic rings. The van der Waals surface area contributed by atoms with Crippen LogP contribution in [0.25, 0.3) is 0 Å². The number of amides is 1. The fourth-order valence-corrected chi connectivity index (χ4v) is 2.04. The molecule has 0 fully saturated rings. The van der Waals surface area contributed by atoms with E-state index >= 15 is 0 Å². The number of thioether (sulfide) groups is 1. The van der Waals surface area contributed by atoms with Gasteiger partial charge in [0, 0.05) is 7.05 Å². The SMILES string of the molecule is CCCCSCC(=O)N(C)CC(=O)OCC. The second-order valence-corrected chi connectivity index (χ2v) is 4.57. The van der Waals surface area contributed by atoms with Gasteiger partial charge in [0.25, 0.3) is 0 Å². The fourth-order valence-electron chi connectivity index (χ4n) is 1.00. The summed E-state index contributed by atoms with van der Waals surface area (Å²) in [6.45, 7) is 4.27. The number of nitrogens with zero attached hydrogens (tertiary/aromatic N) is 1. The molecule has 5 heteroatoms. The van der Waals surface area contributed by atoms with Crippen LogP contribution in [0.5, 0.6) is 0 Å². The highest BCUT2D eigenvalue weighted by molar-refractivity contribution is 7.99. The van der Waals surface area contributed by atoms with E-state index in [1.807, 2.05) is 0 Å². The molecule has 0 saturated heterocycles. The third-order valence-electron chi connectivity index (χ3n) is 1.97. The van der Waals surface area contributed by atoms with Crippen LogP contribution in [0.2, 0.25) is 0 Å². The molecule has 0 N–H and O–H groups in total. The summed E-state index contributed by atoms with van der Waals surface area (Å²) in [6, 6.07) is 0. The summed E-state index contributed by atoms with van der Waals surface area (Å²) in [5.74, 6) is 1.07. The number of carbonyl (C=O) groups is 2. The van der Waals surface area contributed by atoms with Crippen molar-refractivity contribution in [3.63, 3.8) is 0 Å². The zero-order chi connectivity index (χ0) is 12.4. The number of rotatable bonds is 8. The van der Waals surface area contributed by atoms with Crippen LogP contribution < -0.4 is 0 Å². The lowest BCUT2D eigenvalue weighted by Gasteiger charge is -2.15. The molecule has 0 aromatic heterocycles. The molecule has 0 aliphatic heterocycles. The van der Waals surface area contributed by atoms with Crippen molar-refractivity contribution in [1.29, 1.82) is 0 Å². The molecule has 0 spiro atoms. The van der Waals surface area contributed by atoms with Crippen molar-refractivity contribution in [1.82, 2.24) is 4.90 Å². The lowest BCUT2D eigenvalue weighted by Crippen LogP contribution is -2.34. The number of esters is 1. The molecule has 0 atom stereocenters. The van der Waals surface area contributed by atoms with Crippen LogP contribution in [-0.2, 0) is 14.3 Å². The topological polar surface area (TPSA) is 46.6 Å². The Morgan fingerprint density at radius 3 is 2.56 bits per heavy atom. The van der Waals surface area contributed by atoms with Gasteiger partial charge in [-0.05, 0) is 19.1 Å². The van der Waals surface area contributed by atoms with E-state index in [1.165, 1.54) is 4.90 Å². The van der Waals surface area contributed by atoms with Crippen molar-refractivity contribution in [2.45, 2.75) is 26.7 Å². The zero-order valence-corrected chi connectivity index (χ0v) is 11.1. The zero-order valence-electron chi connectivity index (χ0n) is 10.3. The van der Waals surface area contributed by atoms with Crippen molar-refractivity contribution in [3.05, 3.63) is 0 Å². The first-order valence-electron chi connectivity index (χ1n) is 5.59. The van der Waals surface area contributed by atoms with Gasteiger partial charge < -0.3 is 9.64 Å². The van der Waals surface area contributed by atoms with Gasteiger partial charge in [-0.1, -0.05) is 13.3 Å². The monoisotopic (exact) mass is 247 g/mol. The Balaban J connectivity index is 3.68. The summed E-state index contributed by atoms with van der Waals surface area (Å²) in [5.41, 5.74) is 0. The van der Waals surface area contributed by atoms with Gasteiger partial charge in [-0.15, -0.1) is 0 Å². The number of unbranched alkanes of at least 4 members (excludes halogenated alkanes) is 1. The number of likely N-dealkylation sites (N-methyl/N-ethyl adjacent to an activating group) is 1. The molecule has 16 heavy (non-hydrogen) atoms. The highest BCUT2D eigenvalue weighted by Crippen LogP contribution is 2.05. The Labute approximate surface area is 102 Å². The minimum Gasteiger partial charge on any atom is -0.465 e. The summed E-state index contributed by atoms with van der Waals surface area (Å²) in [5, 5.41) is 0. The smallest absolute Gasteiger partial charge is 0.325 e. The van der Waals surface area contributed by atoms with Gasteiger partial charge >= 0.3 is 5.97 Å². The van der Waals surface area contributed by atoms with E-state index in [2.05, 4.69) is 6.92 Å². The summed E-state index contributed by atoms with van der Waals surface area (Å²) >= 11 is 1.61. The standard InChI is InChI=1S/C11H21NO3S/c1-4-6-7-16-9-10(13)12(3)8-11(14)15-5-2/h4-9H2,1-3H3. The Morgan fingerprint density at radius 2 is 2.00 bits per heavy atom. The quantitative estimate of drug-likeness (QED) is 0.482. The maximum absolute atomic E-state index is 11.5. The summed E-state index contributed by atoms with van der Waals surface area (Å²) in [4.78, 5) is 24.1. The van der Waals surface area contributed by atoms with E-state index in [1.54, 1.807) is 25.7 Å². The van der Waals surface area contributed by atoms with Crippen LogP contribution in [0.1, 0.15) is 26.7 Å². The Kier molecular flexibility index (Phi) is 9.09. The van der Waals surface area contributed by atoms with Crippen LogP contribution in [0.3, 0.4) is 0 Å². The lowest BCUT2D eigenvalue weighted by molar-refractivity contribution is -0.147. The van der Waals surface area contributed by atoms with Crippen LogP contribution in [-0.4, -0.2) is 48.5 Å². The van der Waals surface area contributed by atoms with Gasteiger partial charge in [0.05, 0.1) is 12.4 Å². The average molecular weight is 247 g/mol. The van der Waals surface area contributed by atoms with Gasteiger partial charge in [-0.2, -0.15) is 11.8 Å². The summed E-state index contributed by atoms with van der Waals surface area (Å²) < 4.78 is 4.77. The Hall–Kier alpha value is -0.710. The van der Waals surface area contributed by atoms with Gasteiger partial charge in [0.2, 0.25) is 5.91 Å². The average Bonchev–Trinajstić information content (AvgIpc) is 2.24. The van der Waals surface area contributed by atoms with E-state index in [9.17, 15) is 9.59 Å². The molecule has 94 valence electrons. The fraction of sp³-hybridized carbons (Fsp3) is 0.818. The highest BCUT2D eigenvalue weighted by Gasteiger charge is 2.12. The first-order valence-corrected chi connectivity index (χ1v) is 6.74. The minimum atomic E-state index is -0.350. The van der Waals surface area contributed by atoms with Crippen molar-refractivity contribution >= 4 is 23.6 Å². The molecule has 0 saturated carbocycles. The number of ether oxygens (including phenoxy) is 1. The number of carbonyl (C=O) groups excluding carboxylic acids is 2. The van der Waals surface area contributed by atoms with Crippen molar-refractivity contribution in [2.24, 2.45) is 0 Å².